The Kier molecular flexibility index (Phi) is 6.46. The summed E-state index contributed by atoms with van der Waals surface area (Å²) < 4.78 is 0. The van der Waals surface area contributed by atoms with E-state index in [1.54, 1.807) is 11.3 Å². The van der Waals surface area contributed by atoms with Gasteiger partial charge in [-0.3, -0.25) is 9.69 Å². The lowest BCUT2D eigenvalue weighted by atomic mass is 10.0. The second-order valence-corrected chi connectivity index (χ2v) is 8.04. The van der Waals surface area contributed by atoms with E-state index in [1.807, 2.05) is 31.2 Å². The fraction of sp³-hybridized carbons (Fsp3) is 0.476. The van der Waals surface area contributed by atoms with Crippen LogP contribution in [0.1, 0.15) is 40.7 Å². The highest BCUT2D eigenvalue weighted by Gasteiger charge is 2.30. The number of thiophene rings is 1. The Morgan fingerprint density at radius 2 is 1.85 bits per heavy atom. The van der Waals surface area contributed by atoms with E-state index in [-0.39, 0.29) is 18.0 Å². The van der Waals surface area contributed by atoms with Crippen LogP contribution in [-0.4, -0.2) is 54.5 Å². The summed E-state index contributed by atoms with van der Waals surface area (Å²) in [6.07, 6.45) is 0. The third kappa shape index (κ3) is 4.53. The monoisotopic (exact) mass is 371 g/mol. The lowest BCUT2D eigenvalue weighted by Crippen LogP contribution is -2.52. The third-order valence-electron chi connectivity index (χ3n) is 5.23. The molecule has 5 heteroatoms. The number of rotatable bonds is 6. The lowest BCUT2D eigenvalue weighted by Gasteiger charge is -2.41. The van der Waals surface area contributed by atoms with Gasteiger partial charge >= 0.3 is 0 Å². The summed E-state index contributed by atoms with van der Waals surface area (Å²) in [5.74, 6) is 0.00579. The third-order valence-corrected chi connectivity index (χ3v) is 6.17. The highest BCUT2D eigenvalue weighted by Crippen LogP contribution is 2.29. The van der Waals surface area contributed by atoms with Gasteiger partial charge in [-0.25, -0.2) is 0 Å². The molecule has 1 aromatic carbocycles. The fourth-order valence-corrected chi connectivity index (χ4v) is 4.60. The molecule has 2 heterocycles. The number of benzene rings is 1. The smallest absolute Gasteiger partial charge is 0.251 e. The quantitative estimate of drug-likeness (QED) is 0.843. The standard InChI is InChI=1S/C21H29N3OS/c1-4-23-11-13-24(14-12-23)20(19-6-5-15-26-19)17(3)22-21(25)18-9-7-16(2)8-10-18/h5-10,15,17,20H,4,11-14H2,1-3H3,(H,22,25)/t17-,20+/m0/s1. The summed E-state index contributed by atoms with van der Waals surface area (Å²) in [5, 5.41) is 5.36. The first-order chi connectivity index (χ1) is 12.6. The maximum Gasteiger partial charge on any atom is 0.251 e. The molecule has 3 rings (SSSR count). The number of amides is 1. The second kappa shape index (κ2) is 8.80. The van der Waals surface area contributed by atoms with E-state index >= 15 is 0 Å². The molecule has 0 unspecified atom stereocenters. The number of likely N-dealkylation sites (N-methyl/N-ethyl adjacent to an activating group) is 1. The van der Waals surface area contributed by atoms with Gasteiger partial charge in [0.25, 0.3) is 5.91 Å². The molecular weight excluding hydrogens is 342 g/mol. The van der Waals surface area contributed by atoms with Crippen LogP contribution in [0.2, 0.25) is 0 Å². The number of carbonyl (C=O) groups is 1. The van der Waals surface area contributed by atoms with Crippen LogP contribution in [0.4, 0.5) is 0 Å². The summed E-state index contributed by atoms with van der Waals surface area (Å²) in [6, 6.07) is 12.3. The minimum absolute atomic E-state index is 0.00579. The number of hydrogen-bond donors (Lipinski definition) is 1. The predicted octanol–water partition coefficient (Wildman–Crippen LogP) is 3.55. The van der Waals surface area contributed by atoms with Crippen LogP contribution in [0.25, 0.3) is 0 Å². The van der Waals surface area contributed by atoms with Gasteiger partial charge in [-0.15, -0.1) is 11.3 Å². The molecule has 4 nitrogen and oxygen atoms in total. The van der Waals surface area contributed by atoms with Crippen LogP contribution in [0, 0.1) is 6.92 Å². The number of piperazine rings is 1. The van der Waals surface area contributed by atoms with Crippen LogP contribution in [0.3, 0.4) is 0 Å². The first-order valence-corrected chi connectivity index (χ1v) is 10.3. The van der Waals surface area contributed by atoms with Gasteiger partial charge in [-0.05, 0) is 44.0 Å². The molecule has 0 bridgehead atoms. The van der Waals surface area contributed by atoms with Crippen LogP contribution >= 0.6 is 11.3 Å². The molecule has 2 atom stereocenters. The first-order valence-electron chi connectivity index (χ1n) is 9.46. The molecule has 1 aromatic heterocycles. The van der Waals surface area contributed by atoms with E-state index < -0.39 is 0 Å². The lowest BCUT2D eigenvalue weighted by molar-refractivity contribution is 0.0753. The highest BCUT2D eigenvalue weighted by atomic mass is 32.1. The van der Waals surface area contributed by atoms with Crippen molar-refractivity contribution in [2.45, 2.75) is 32.9 Å². The van der Waals surface area contributed by atoms with Crippen molar-refractivity contribution in [3.8, 4) is 0 Å². The van der Waals surface area contributed by atoms with Crippen molar-refractivity contribution >= 4 is 17.2 Å². The topological polar surface area (TPSA) is 35.6 Å². The van der Waals surface area contributed by atoms with Gasteiger partial charge in [0.1, 0.15) is 0 Å². The van der Waals surface area contributed by atoms with E-state index in [0.717, 1.165) is 38.3 Å². The zero-order valence-corrected chi connectivity index (χ0v) is 16.8. The van der Waals surface area contributed by atoms with Crippen molar-refractivity contribution in [1.82, 2.24) is 15.1 Å². The molecule has 0 spiro atoms. The summed E-state index contributed by atoms with van der Waals surface area (Å²) in [4.78, 5) is 19.0. The van der Waals surface area contributed by atoms with Crippen LogP contribution in [-0.2, 0) is 0 Å². The van der Waals surface area contributed by atoms with E-state index in [0.29, 0.717) is 0 Å². The van der Waals surface area contributed by atoms with Gasteiger partial charge in [0.05, 0.1) is 6.04 Å². The minimum Gasteiger partial charge on any atom is -0.348 e. The number of nitrogens with zero attached hydrogens (tertiary/aromatic N) is 2. The molecule has 1 N–H and O–H groups in total. The Bertz CT molecular complexity index is 691. The molecule has 1 saturated heterocycles. The minimum atomic E-state index is 0.00579. The van der Waals surface area contributed by atoms with Crippen molar-refractivity contribution in [2.24, 2.45) is 0 Å². The second-order valence-electron chi connectivity index (χ2n) is 7.06. The van der Waals surface area contributed by atoms with Gasteiger partial charge in [0, 0.05) is 42.7 Å². The fourth-order valence-electron chi connectivity index (χ4n) is 3.63. The van der Waals surface area contributed by atoms with Crippen molar-refractivity contribution < 1.29 is 4.79 Å². The molecule has 2 aromatic rings. The molecule has 0 aliphatic carbocycles. The van der Waals surface area contributed by atoms with Gasteiger partial charge in [-0.2, -0.15) is 0 Å². The predicted molar refractivity (Wildman–Crippen MR) is 109 cm³/mol. The van der Waals surface area contributed by atoms with Gasteiger partial charge in [-0.1, -0.05) is 30.7 Å². The number of carbonyl (C=O) groups excluding carboxylic acids is 1. The molecule has 1 aliphatic rings. The Balaban J connectivity index is 1.72. The van der Waals surface area contributed by atoms with Crippen LogP contribution < -0.4 is 5.32 Å². The Labute approximate surface area is 160 Å². The SMILES string of the molecule is CCN1CCN([C@@H](c2cccs2)[C@H](C)NC(=O)c2ccc(C)cc2)CC1. The largest absolute Gasteiger partial charge is 0.348 e. The Hall–Kier alpha value is -1.69. The van der Waals surface area contributed by atoms with E-state index in [1.165, 1.54) is 10.4 Å². The van der Waals surface area contributed by atoms with E-state index in [4.69, 9.17) is 0 Å². The molecule has 0 saturated carbocycles. The average molecular weight is 372 g/mol. The highest BCUT2D eigenvalue weighted by molar-refractivity contribution is 7.10. The average Bonchev–Trinajstić information content (AvgIpc) is 3.17. The molecule has 0 radical (unpaired) electrons. The molecule has 140 valence electrons. The zero-order chi connectivity index (χ0) is 18.5. The molecule has 1 fully saturated rings. The van der Waals surface area contributed by atoms with Crippen LogP contribution in [0.5, 0.6) is 0 Å². The molecule has 1 aliphatic heterocycles. The van der Waals surface area contributed by atoms with Crippen LogP contribution in [0.15, 0.2) is 41.8 Å². The maximum absolute atomic E-state index is 12.7. The summed E-state index contributed by atoms with van der Waals surface area (Å²) in [6.45, 7) is 11.8. The van der Waals surface area contributed by atoms with Gasteiger partial charge in [0.15, 0.2) is 0 Å². The van der Waals surface area contributed by atoms with Crippen molar-refractivity contribution in [2.75, 3.05) is 32.7 Å². The zero-order valence-electron chi connectivity index (χ0n) is 15.9. The normalized spacial score (nSPS) is 18.4. The summed E-state index contributed by atoms with van der Waals surface area (Å²) >= 11 is 1.78. The summed E-state index contributed by atoms with van der Waals surface area (Å²) in [5.41, 5.74) is 1.89. The van der Waals surface area contributed by atoms with E-state index in [9.17, 15) is 4.79 Å². The van der Waals surface area contributed by atoms with E-state index in [2.05, 4.69) is 46.5 Å². The molecule has 26 heavy (non-hydrogen) atoms. The van der Waals surface area contributed by atoms with Gasteiger partial charge < -0.3 is 10.2 Å². The maximum atomic E-state index is 12.7. The van der Waals surface area contributed by atoms with Gasteiger partial charge in [0.2, 0.25) is 0 Å². The molecular formula is C21H29N3OS. The Morgan fingerprint density at radius 1 is 1.15 bits per heavy atom. The number of hydrogen-bond acceptors (Lipinski definition) is 4. The Morgan fingerprint density at radius 3 is 2.42 bits per heavy atom. The van der Waals surface area contributed by atoms with Crippen molar-refractivity contribution in [3.63, 3.8) is 0 Å². The van der Waals surface area contributed by atoms with Crippen molar-refractivity contribution in [1.29, 1.82) is 0 Å². The molecule has 1 amide bonds. The summed E-state index contributed by atoms with van der Waals surface area (Å²) in [7, 11) is 0. The van der Waals surface area contributed by atoms with Crippen molar-refractivity contribution in [3.05, 3.63) is 57.8 Å². The first kappa shape index (κ1) is 19.1. The number of aryl methyl sites for hydroxylation is 1. The number of nitrogens with one attached hydrogen (secondary N) is 1.